The fraction of sp³-hybridized carbons (Fsp3) is 0.935. The summed E-state index contributed by atoms with van der Waals surface area (Å²) in [5.41, 5.74) is 9.52. The molecule has 0 amide bonds. The lowest BCUT2D eigenvalue weighted by Gasteiger charge is -2.57. The zero-order valence-corrected chi connectivity index (χ0v) is 33.6. The van der Waals surface area contributed by atoms with Gasteiger partial charge in [0.25, 0.3) is 0 Å². The maximum atomic E-state index is 4.14. The highest BCUT2D eigenvalue weighted by Gasteiger charge is 2.92. The minimum Gasteiger partial charge on any atom is -0.123 e. The molecule has 14 unspecified atom stereocenters. The van der Waals surface area contributed by atoms with E-state index in [-0.39, 0.29) is 0 Å². The summed E-state index contributed by atoms with van der Waals surface area (Å²) in [5.74, 6) is 10.5. The van der Waals surface area contributed by atoms with E-state index in [9.17, 15) is 0 Å². The van der Waals surface area contributed by atoms with Gasteiger partial charge in [-0.25, -0.2) is 0 Å². The molecular weight excluding hydrogens is 553 g/mol. The first kappa shape index (κ1) is 36.8. The summed E-state index contributed by atoms with van der Waals surface area (Å²) in [5, 5.41) is 0. The third-order valence-corrected chi connectivity index (χ3v) is 17.5. The minimum absolute atomic E-state index is 0.426. The second-order valence-corrected chi connectivity index (χ2v) is 20.5. The average Bonchev–Trinajstić information content (AvgIpc) is 3.85. The molecule has 0 heterocycles. The Morgan fingerprint density at radius 3 is 2.15 bits per heavy atom. The quantitative estimate of drug-likeness (QED) is 0.222. The van der Waals surface area contributed by atoms with Gasteiger partial charge in [-0.2, -0.15) is 0 Å². The van der Waals surface area contributed by atoms with Gasteiger partial charge >= 0.3 is 0 Å². The van der Waals surface area contributed by atoms with Gasteiger partial charge in [-0.1, -0.05) is 109 Å². The van der Waals surface area contributed by atoms with Crippen LogP contribution in [-0.2, 0) is 0 Å². The molecule has 5 aliphatic rings. The van der Waals surface area contributed by atoms with Gasteiger partial charge < -0.3 is 0 Å². The molecule has 0 radical (unpaired) electrons. The second-order valence-electron chi connectivity index (χ2n) is 20.5. The van der Waals surface area contributed by atoms with Crippen molar-refractivity contribution in [2.75, 3.05) is 0 Å². The van der Waals surface area contributed by atoms with E-state index < -0.39 is 0 Å². The molecule has 0 saturated heterocycles. The standard InChI is InChI=1S/C46H80/c1-15-31(6)21-38(22-33(8)23-39-25-41(39)29(2)3)28-45-40-24-32(7)18-19-35(10)44(14,30(4)5)37(12)34(9)17-16-20-43(13)27-36(11)46(43,45)42(45)26-40/h29-30,32-37,39-42H,15-20,22-28H2,1-14H3. The van der Waals surface area contributed by atoms with Crippen molar-refractivity contribution in [1.82, 2.24) is 0 Å². The van der Waals surface area contributed by atoms with Gasteiger partial charge in [0.2, 0.25) is 0 Å². The van der Waals surface area contributed by atoms with Crippen molar-refractivity contribution < 1.29 is 0 Å². The van der Waals surface area contributed by atoms with Crippen LogP contribution in [0.5, 0.6) is 0 Å². The summed E-state index contributed by atoms with van der Waals surface area (Å²) in [6, 6.07) is 0. The van der Waals surface area contributed by atoms with Crippen LogP contribution >= 0.6 is 0 Å². The molecule has 1 spiro atoms. The van der Waals surface area contributed by atoms with Gasteiger partial charge in [-0.05, 0) is 175 Å². The maximum absolute atomic E-state index is 4.14. The number of hydrogen-bond donors (Lipinski definition) is 0. The van der Waals surface area contributed by atoms with Crippen LogP contribution in [0, 0.1) is 92.7 Å². The van der Waals surface area contributed by atoms with Crippen molar-refractivity contribution in [3.63, 3.8) is 0 Å². The maximum Gasteiger partial charge on any atom is -0.0118 e. The van der Waals surface area contributed by atoms with Gasteiger partial charge in [0.05, 0.1) is 0 Å². The normalized spacial score (nSPS) is 47.7. The van der Waals surface area contributed by atoms with Gasteiger partial charge in [0.1, 0.15) is 0 Å². The summed E-state index contributed by atoms with van der Waals surface area (Å²) in [4.78, 5) is 0. The van der Waals surface area contributed by atoms with Crippen LogP contribution in [0.1, 0.15) is 180 Å². The summed E-state index contributed by atoms with van der Waals surface area (Å²) in [6.07, 6.45) is 18.4. The van der Waals surface area contributed by atoms with E-state index in [0.29, 0.717) is 21.7 Å². The Labute approximate surface area is 289 Å². The van der Waals surface area contributed by atoms with Crippen molar-refractivity contribution in [1.29, 1.82) is 0 Å². The lowest BCUT2D eigenvalue weighted by Crippen LogP contribution is -2.51. The van der Waals surface area contributed by atoms with Gasteiger partial charge in [0.15, 0.2) is 0 Å². The monoisotopic (exact) mass is 633 g/mol. The molecule has 0 N–H and O–H groups in total. The molecule has 0 aromatic rings. The van der Waals surface area contributed by atoms with Crippen LogP contribution < -0.4 is 0 Å². The van der Waals surface area contributed by atoms with Crippen molar-refractivity contribution in [2.45, 2.75) is 180 Å². The predicted octanol–water partition coefficient (Wildman–Crippen LogP) is 14.2. The molecule has 264 valence electrons. The molecule has 5 saturated carbocycles. The summed E-state index contributed by atoms with van der Waals surface area (Å²) < 4.78 is 0. The third kappa shape index (κ3) is 5.90. The van der Waals surface area contributed by atoms with Crippen molar-refractivity contribution in [3.8, 4) is 0 Å². The average molecular weight is 633 g/mol. The van der Waals surface area contributed by atoms with Gasteiger partial charge in [-0.3, -0.25) is 0 Å². The van der Waals surface area contributed by atoms with E-state index in [1.807, 2.05) is 0 Å². The first-order chi connectivity index (χ1) is 21.5. The van der Waals surface area contributed by atoms with Crippen LogP contribution in [0.15, 0.2) is 16.9 Å². The van der Waals surface area contributed by atoms with E-state index in [2.05, 4.69) is 103 Å². The van der Waals surface area contributed by atoms with Crippen molar-refractivity contribution >= 4 is 0 Å². The smallest absolute Gasteiger partial charge is 0.0118 e. The number of hydrogen-bond acceptors (Lipinski definition) is 0. The first-order valence-electron chi connectivity index (χ1n) is 20.9. The van der Waals surface area contributed by atoms with Crippen LogP contribution in [0.2, 0.25) is 0 Å². The fourth-order valence-corrected chi connectivity index (χ4v) is 14.3. The van der Waals surface area contributed by atoms with Crippen LogP contribution in [0.3, 0.4) is 0 Å². The topological polar surface area (TPSA) is 0 Å². The lowest BCUT2D eigenvalue weighted by molar-refractivity contribution is -0.0890. The summed E-state index contributed by atoms with van der Waals surface area (Å²) >= 11 is 0. The molecule has 0 aliphatic heterocycles. The van der Waals surface area contributed by atoms with E-state index in [1.165, 1.54) is 82.6 Å². The molecular formula is C46H80. The van der Waals surface area contributed by atoms with Crippen LogP contribution in [-0.4, -0.2) is 0 Å². The zero-order valence-electron chi connectivity index (χ0n) is 33.6. The molecule has 0 aromatic carbocycles. The third-order valence-electron chi connectivity index (χ3n) is 17.5. The Hall–Kier alpha value is -0.480. The summed E-state index contributed by atoms with van der Waals surface area (Å²) in [6.45, 7) is 35.9. The van der Waals surface area contributed by atoms with E-state index in [1.54, 1.807) is 5.57 Å². The lowest BCUT2D eigenvalue weighted by atomic mass is 9.47. The largest absolute Gasteiger partial charge is 0.123 e. The van der Waals surface area contributed by atoms with E-state index >= 15 is 0 Å². The zero-order chi connectivity index (χ0) is 34.0. The molecule has 0 nitrogen and oxygen atoms in total. The molecule has 0 bridgehead atoms. The Morgan fingerprint density at radius 2 is 1.57 bits per heavy atom. The van der Waals surface area contributed by atoms with Crippen molar-refractivity contribution in [3.05, 3.63) is 16.9 Å². The molecule has 5 aliphatic carbocycles. The second kappa shape index (κ2) is 13.3. The highest BCUT2D eigenvalue weighted by Crippen LogP contribution is 2.97. The van der Waals surface area contributed by atoms with Crippen LogP contribution in [0.4, 0.5) is 0 Å². The summed E-state index contributed by atoms with van der Waals surface area (Å²) in [7, 11) is 0. The minimum atomic E-state index is 0.426. The Balaban J connectivity index is 1.44. The molecule has 14 atom stereocenters. The SMILES string of the molecule is CCC(C)=C=C(CC(C)CC1CC1C(C)C)CC12C3CC(C)CCC(C)C(C)(C(C)C)C(C)C(C)CCCC4(C)CC(C)C41C2C3. The predicted molar refractivity (Wildman–Crippen MR) is 202 cm³/mol. The van der Waals surface area contributed by atoms with Gasteiger partial charge in [-0.15, -0.1) is 5.73 Å². The van der Waals surface area contributed by atoms with Crippen LogP contribution in [0.25, 0.3) is 0 Å². The Morgan fingerprint density at radius 1 is 0.870 bits per heavy atom. The highest BCUT2D eigenvalue weighted by atomic mass is 15.0. The number of rotatable bonds is 9. The molecule has 46 heavy (non-hydrogen) atoms. The Kier molecular flexibility index (Phi) is 10.7. The molecule has 0 heteroatoms. The fourth-order valence-electron chi connectivity index (χ4n) is 14.3. The highest BCUT2D eigenvalue weighted by molar-refractivity contribution is 5.41. The van der Waals surface area contributed by atoms with E-state index in [0.717, 1.165) is 77.4 Å². The molecule has 0 aromatic heterocycles. The van der Waals surface area contributed by atoms with Gasteiger partial charge in [0, 0.05) is 0 Å². The first-order valence-corrected chi connectivity index (χ1v) is 20.9. The number of allylic oxidation sites excluding steroid dienone is 1. The van der Waals surface area contributed by atoms with Crippen molar-refractivity contribution in [2.24, 2.45) is 92.7 Å². The Bertz CT molecular complexity index is 1130. The molecule has 5 fully saturated rings. The van der Waals surface area contributed by atoms with E-state index in [4.69, 9.17) is 0 Å². The molecule has 5 rings (SSSR count).